The molecule has 0 saturated carbocycles. The molecule has 25 heavy (non-hydrogen) atoms. The van der Waals surface area contributed by atoms with Crippen LogP contribution in [-0.4, -0.2) is 37.1 Å². The van der Waals surface area contributed by atoms with Crippen LogP contribution in [0.5, 0.6) is 0 Å². The molecule has 2 N–H and O–H groups in total. The lowest BCUT2D eigenvalue weighted by Crippen LogP contribution is -2.49. The highest BCUT2D eigenvalue weighted by atomic mass is 35.5. The quantitative estimate of drug-likeness (QED) is 0.770. The molecule has 1 saturated heterocycles. The van der Waals surface area contributed by atoms with E-state index in [9.17, 15) is 4.79 Å². The van der Waals surface area contributed by atoms with Crippen molar-refractivity contribution in [1.29, 1.82) is 0 Å². The summed E-state index contributed by atoms with van der Waals surface area (Å²) in [4.78, 5) is 18.5. The van der Waals surface area contributed by atoms with Crippen molar-refractivity contribution in [2.24, 2.45) is 5.92 Å². The molecule has 0 unspecified atom stereocenters. The molecule has 0 bridgehead atoms. The van der Waals surface area contributed by atoms with Gasteiger partial charge in [-0.1, -0.05) is 24.3 Å². The van der Waals surface area contributed by atoms with E-state index in [4.69, 9.17) is 0 Å². The zero-order chi connectivity index (χ0) is 15.9. The van der Waals surface area contributed by atoms with Crippen molar-refractivity contribution in [2.45, 2.75) is 6.54 Å². The summed E-state index contributed by atoms with van der Waals surface area (Å²) in [7, 11) is 0. The Labute approximate surface area is 161 Å². The van der Waals surface area contributed by atoms with Gasteiger partial charge in [0.05, 0.1) is 6.54 Å². The van der Waals surface area contributed by atoms with E-state index >= 15 is 0 Å². The molecular formula is C18H24Cl2N4O. The zero-order valence-electron chi connectivity index (χ0n) is 13.9. The summed E-state index contributed by atoms with van der Waals surface area (Å²) in [6.07, 6.45) is 3.60. The van der Waals surface area contributed by atoms with Crippen LogP contribution in [-0.2, 0) is 11.3 Å². The molecule has 3 rings (SSSR count). The van der Waals surface area contributed by atoms with Crippen molar-refractivity contribution in [3.8, 4) is 0 Å². The number of anilines is 1. The fourth-order valence-electron chi connectivity index (χ4n) is 2.57. The standard InChI is InChI=1S/C18H22N4O.2ClH/c23-18(21-12-16-10-20-11-16)14-22(17-6-2-1-3-7-17)13-15-5-4-8-19-9-15;;/h1-9,16,20H,10-14H2,(H,21,23);2*1H. The first kappa shape index (κ1) is 21.2. The number of aromatic nitrogens is 1. The van der Waals surface area contributed by atoms with Crippen molar-refractivity contribution in [3.63, 3.8) is 0 Å². The number of pyridine rings is 1. The summed E-state index contributed by atoms with van der Waals surface area (Å²) in [5.41, 5.74) is 2.13. The maximum absolute atomic E-state index is 12.3. The molecule has 2 heterocycles. The maximum Gasteiger partial charge on any atom is 0.239 e. The van der Waals surface area contributed by atoms with Gasteiger partial charge in [-0.15, -0.1) is 24.8 Å². The zero-order valence-corrected chi connectivity index (χ0v) is 15.6. The van der Waals surface area contributed by atoms with Crippen LogP contribution in [0.1, 0.15) is 5.56 Å². The Balaban J connectivity index is 0.00000156. The lowest BCUT2D eigenvalue weighted by Gasteiger charge is -2.28. The Hall–Kier alpha value is -1.82. The van der Waals surface area contributed by atoms with E-state index < -0.39 is 0 Å². The number of hydrogen-bond acceptors (Lipinski definition) is 4. The van der Waals surface area contributed by atoms with Crippen molar-refractivity contribution in [3.05, 3.63) is 60.4 Å². The molecule has 136 valence electrons. The number of carbonyl (C=O) groups is 1. The van der Waals surface area contributed by atoms with E-state index in [1.165, 1.54) is 0 Å². The molecule has 1 aromatic heterocycles. The Morgan fingerprint density at radius 3 is 2.52 bits per heavy atom. The van der Waals surface area contributed by atoms with Crippen molar-refractivity contribution in [1.82, 2.24) is 15.6 Å². The van der Waals surface area contributed by atoms with Crippen LogP contribution in [0.4, 0.5) is 5.69 Å². The first-order valence-electron chi connectivity index (χ1n) is 7.97. The van der Waals surface area contributed by atoms with Crippen molar-refractivity contribution in [2.75, 3.05) is 31.1 Å². The molecule has 1 fully saturated rings. The van der Waals surface area contributed by atoms with Gasteiger partial charge in [-0.2, -0.15) is 0 Å². The highest BCUT2D eigenvalue weighted by Crippen LogP contribution is 2.16. The average Bonchev–Trinajstić information content (AvgIpc) is 2.55. The molecule has 0 atom stereocenters. The van der Waals surface area contributed by atoms with Gasteiger partial charge in [0, 0.05) is 50.2 Å². The Morgan fingerprint density at radius 2 is 1.92 bits per heavy atom. The highest BCUT2D eigenvalue weighted by Gasteiger charge is 2.18. The van der Waals surface area contributed by atoms with Gasteiger partial charge in [0.25, 0.3) is 0 Å². The van der Waals surface area contributed by atoms with E-state index in [1.54, 1.807) is 6.20 Å². The van der Waals surface area contributed by atoms with Gasteiger partial charge in [-0.05, 0) is 23.8 Å². The topological polar surface area (TPSA) is 57.3 Å². The Kier molecular flexibility index (Phi) is 9.27. The molecule has 0 spiro atoms. The Morgan fingerprint density at radius 1 is 1.16 bits per heavy atom. The summed E-state index contributed by atoms with van der Waals surface area (Å²) < 4.78 is 0. The van der Waals surface area contributed by atoms with Crippen LogP contribution < -0.4 is 15.5 Å². The number of rotatable bonds is 7. The minimum Gasteiger partial charge on any atom is -0.358 e. The molecule has 1 aliphatic rings. The van der Waals surface area contributed by atoms with Crippen molar-refractivity contribution >= 4 is 36.4 Å². The summed E-state index contributed by atoms with van der Waals surface area (Å²) in [5, 5.41) is 6.25. The number of nitrogens with zero attached hydrogens (tertiary/aromatic N) is 2. The number of nitrogens with one attached hydrogen (secondary N) is 2. The second kappa shape index (κ2) is 10.9. The highest BCUT2D eigenvalue weighted by molar-refractivity contribution is 5.85. The largest absolute Gasteiger partial charge is 0.358 e. The summed E-state index contributed by atoms with van der Waals surface area (Å²) in [5.74, 6) is 0.632. The lowest BCUT2D eigenvalue weighted by atomic mass is 10.0. The van der Waals surface area contributed by atoms with Gasteiger partial charge in [-0.3, -0.25) is 9.78 Å². The second-order valence-corrected chi connectivity index (χ2v) is 5.88. The van der Waals surface area contributed by atoms with Crippen LogP contribution in [0.15, 0.2) is 54.9 Å². The number of carbonyl (C=O) groups excluding carboxylic acids is 1. The van der Waals surface area contributed by atoms with Gasteiger partial charge in [-0.25, -0.2) is 0 Å². The molecule has 0 aliphatic carbocycles. The number of halogens is 2. The normalized spacial score (nSPS) is 13.0. The number of benzene rings is 1. The molecule has 1 amide bonds. The monoisotopic (exact) mass is 382 g/mol. The molecule has 7 heteroatoms. The lowest BCUT2D eigenvalue weighted by molar-refractivity contribution is -0.120. The molecule has 2 aromatic rings. The fourth-order valence-corrected chi connectivity index (χ4v) is 2.57. The average molecular weight is 383 g/mol. The third-order valence-electron chi connectivity index (χ3n) is 4.01. The van der Waals surface area contributed by atoms with Crippen LogP contribution in [0, 0.1) is 5.92 Å². The number of hydrogen-bond donors (Lipinski definition) is 2. The SMILES string of the molecule is Cl.Cl.O=C(CN(Cc1cccnc1)c1ccccc1)NCC1CNC1. The molecule has 1 aliphatic heterocycles. The summed E-state index contributed by atoms with van der Waals surface area (Å²) >= 11 is 0. The predicted octanol–water partition coefficient (Wildman–Crippen LogP) is 2.27. The fraction of sp³-hybridized carbons (Fsp3) is 0.333. The van der Waals surface area contributed by atoms with Crippen molar-refractivity contribution < 1.29 is 4.79 Å². The van der Waals surface area contributed by atoms with E-state index in [-0.39, 0.29) is 30.7 Å². The first-order valence-corrected chi connectivity index (χ1v) is 7.97. The van der Waals surface area contributed by atoms with E-state index in [1.807, 2.05) is 48.7 Å². The van der Waals surface area contributed by atoms with Gasteiger partial charge in [0.2, 0.25) is 5.91 Å². The molecule has 1 aromatic carbocycles. The second-order valence-electron chi connectivity index (χ2n) is 5.88. The minimum absolute atomic E-state index is 0. The number of amides is 1. The van der Waals surface area contributed by atoms with Gasteiger partial charge in [0.1, 0.15) is 0 Å². The van der Waals surface area contributed by atoms with Gasteiger partial charge < -0.3 is 15.5 Å². The van der Waals surface area contributed by atoms with Gasteiger partial charge >= 0.3 is 0 Å². The van der Waals surface area contributed by atoms with Crippen LogP contribution >= 0.6 is 24.8 Å². The van der Waals surface area contributed by atoms with Crippen LogP contribution in [0.3, 0.4) is 0 Å². The predicted molar refractivity (Wildman–Crippen MR) is 106 cm³/mol. The third-order valence-corrected chi connectivity index (χ3v) is 4.01. The van der Waals surface area contributed by atoms with E-state index in [2.05, 4.69) is 20.5 Å². The molecule has 5 nitrogen and oxygen atoms in total. The molecular weight excluding hydrogens is 359 g/mol. The first-order chi connectivity index (χ1) is 11.3. The minimum atomic E-state index is 0. The number of para-hydroxylation sites is 1. The summed E-state index contributed by atoms with van der Waals surface area (Å²) in [6.45, 7) is 3.76. The van der Waals surface area contributed by atoms with Crippen LogP contribution in [0.25, 0.3) is 0 Å². The van der Waals surface area contributed by atoms with Gasteiger partial charge in [0.15, 0.2) is 0 Å². The smallest absolute Gasteiger partial charge is 0.239 e. The van der Waals surface area contributed by atoms with E-state index in [0.29, 0.717) is 19.0 Å². The molecule has 0 radical (unpaired) electrons. The Bertz CT molecular complexity index is 623. The maximum atomic E-state index is 12.3. The van der Waals surface area contributed by atoms with Crippen LogP contribution in [0.2, 0.25) is 0 Å². The van der Waals surface area contributed by atoms with E-state index in [0.717, 1.165) is 30.9 Å². The summed E-state index contributed by atoms with van der Waals surface area (Å²) in [6, 6.07) is 14.0. The third kappa shape index (κ3) is 6.53.